The van der Waals surface area contributed by atoms with Gasteiger partial charge in [0.1, 0.15) is 0 Å². The number of rotatable bonds is 2. The van der Waals surface area contributed by atoms with Gasteiger partial charge >= 0.3 is 0 Å². The van der Waals surface area contributed by atoms with Gasteiger partial charge in [0.15, 0.2) is 0 Å². The molecule has 6 heteroatoms. The number of tetrazole rings is 1. The third-order valence-corrected chi connectivity index (χ3v) is 4.18. The van der Waals surface area contributed by atoms with E-state index in [1.165, 1.54) is 32.1 Å². The molecule has 0 unspecified atom stereocenters. The molecule has 2 fully saturated rings. The minimum atomic E-state index is 0.517. The average Bonchev–Trinajstić information content (AvgIpc) is 2.90. The highest BCUT2D eigenvalue weighted by atomic mass is 15.6. The molecule has 100 valence electrons. The number of likely N-dealkylation sites (N-methyl/N-ethyl adjacent to an activating group) is 1. The minimum Gasteiger partial charge on any atom is -0.337 e. The third-order valence-electron chi connectivity index (χ3n) is 4.18. The molecule has 0 aromatic carbocycles. The van der Waals surface area contributed by atoms with Crippen LogP contribution in [0.3, 0.4) is 0 Å². The zero-order valence-electron chi connectivity index (χ0n) is 11.1. The standard InChI is InChI=1S/C12H22N6/c1-16-7-9-17(10-8-16)12-13-14-15-18(12)11-5-3-2-4-6-11/h11H,2-10H2,1H3. The van der Waals surface area contributed by atoms with Crippen LogP contribution in [0, 0.1) is 0 Å². The Hall–Kier alpha value is -1.17. The van der Waals surface area contributed by atoms with Crippen molar-refractivity contribution in [2.24, 2.45) is 0 Å². The van der Waals surface area contributed by atoms with Crippen LogP contribution in [-0.2, 0) is 0 Å². The van der Waals surface area contributed by atoms with Gasteiger partial charge in [0.05, 0.1) is 6.04 Å². The Morgan fingerprint density at radius 1 is 1.00 bits per heavy atom. The van der Waals surface area contributed by atoms with Crippen molar-refractivity contribution in [2.45, 2.75) is 38.1 Å². The van der Waals surface area contributed by atoms with Crippen molar-refractivity contribution in [3.8, 4) is 0 Å². The Balaban J connectivity index is 1.74. The molecule has 1 aromatic rings. The molecular formula is C12H22N6. The number of anilines is 1. The summed E-state index contributed by atoms with van der Waals surface area (Å²) < 4.78 is 2.07. The van der Waals surface area contributed by atoms with Crippen LogP contribution in [0.25, 0.3) is 0 Å². The molecule has 0 spiro atoms. The fraction of sp³-hybridized carbons (Fsp3) is 0.917. The van der Waals surface area contributed by atoms with E-state index >= 15 is 0 Å². The molecule has 1 aliphatic carbocycles. The third kappa shape index (κ3) is 2.34. The van der Waals surface area contributed by atoms with E-state index in [4.69, 9.17) is 0 Å². The molecule has 0 atom stereocenters. The monoisotopic (exact) mass is 250 g/mol. The van der Waals surface area contributed by atoms with Crippen LogP contribution in [0.2, 0.25) is 0 Å². The normalized spacial score (nSPS) is 23.5. The fourth-order valence-corrected chi connectivity index (χ4v) is 2.97. The van der Waals surface area contributed by atoms with Gasteiger partial charge in [0.25, 0.3) is 0 Å². The largest absolute Gasteiger partial charge is 0.337 e. The van der Waals surface area contributed by atoms with Crippen LogP contribution in [0.1, 0.15) is 38.1 Å². The first-order chi connectivity index (χ1) is 8.84. The van der Waals surface area contributed by atoms with Gasteiger partial charge in [-0.2, -0.15) is 0 Å². The van der Waals surface area contributed by atoms with Crippen molar-refractivity contribution in [1.82, 2.24) is 25.1 Å². The highest BCUT2D eigenvalue weighted by Crippen LogP contribution is 2.29. The van der Waals surface area contributed by atoms with Gasteiger partial charge in [-0.1, -0.05) is 24.4 Å². The number of piperazine rings is 1. The van der Waals surface area contributed by atoms with E-state index in [9.17, 15) is 0 Å². The number of hydrogen-bond acceptors (Lipinski definition) is 5. The average molecular weight is 250 g/mol. The summed E-state index contributed by atoms with van der Waals surface area (Å²) >= 11 is 0. The molecule has 2 heterocycles. The molecule has 0 amide bonds. The van der Waals surface area contributed by atoms with Crippen molar-refractivity contribution in [3.63, 3.8) is 0 Å². The number of aromatic nitrogens is 4. The maximum absolute atomic E-state index is 4.25. The first-order valence-corrected chi connectivity index (χ1v) is 7.06. The lowest BCUT2D eigenvalue weighted by atomic mass is 9.96. The molecule has 1 aromatic heterocycles. The van der Waals surface area contributed by atoms with Gasteiger partial charge in [0.2, 0.25) is 5.95 Å². The highest BCUT2D eigenvalue weighted by molar-refractivity contribution is 5.29. The molecular weight excluding hydrogens is 228 g/mol. The molecule has 2 aliphatic rings. The highest BCUT2D eigenvalue weighted by Gasteiger charge is 2.24. The number of nitrogens with zero attached hydrogens (tertiary/aromatic N) is 6. The van der Waals surface area contributed by atoms with E-state index in [1.54, 1.807) is 0 Å². The van der Waals surface area contributed by atoms with E-state index in [-0.39, 0.29) is 0 Å². The number of hydrogen-bond donors (Lipinski definition) is 0. The van der Waals surface area contributed by atoms with Crippen molar-refractivity contribution < 1.29 is 0 Å². The van der Waals surface area contributed by atoms with Crippen LogP contribution in [0.15, 0.2) is 0 Å². The molecule has 1 saturated heterocycles. The lowest BCUT2D eigenvalue weighted by Crippen LogP contribution is -2.45. The lowest BCUT2D eigenvalue weighted by Gasteiger charge is -2.33. The molecule has 18 heavy (non-hydrogen) atoms. The Morgan fingerprint density at radius 3 is 2.44 bits per heavy atom. The van der Waals surface area contributed by atoms with Crippen LogP contribution in [0.5, 0.6) is 0 Å². The summed E-state index contributed by atoms with van der Waals surface area (Å²) in [6.45, 7) is 4.25. The predicted molar refractivity (Wildman–Crippen MR) is 69.6 cm³/mol. The Labute approximate surface area is 108 Å². The topological polar surface area (TPSA) is 50.1 Å². The molecule has 0 radical (unpaired) electrons. The molecule has 0 N–H and O–H groups in total. The van der Waals surface area contributed by atoms with E-state index in [0.717, 1.165) is 32.1 Å². The summed E-state index contributed by atoms with van der Waals surface area (Å²) in [6, 6.07) is 0.517. The van der Waals surface area contributed by atoms with Crippen molar-refractivity contribution in [3.05, 3.63) is 0 Å². The smallest absolute Gasteiger partial charge is 0.245 e. The summed E-state index contributed by atoms with van der Waals surface area (Å²) in [7, 11) is 2.17. The summed E-state index contributed by atoms with van der Waals surface area (Å²) in [5, 5.41) is 12.4. The second kappa shape index (κ2) is 5.22. The SMILES string of the molecule is CN1CCN(c2nnnn2C2CCCCC2)CC1. The van der Waals surface area contributed by atoms with Gasteiger partial charge in [-0.15, -0.1) is 0 Å². The second-order valence-corrected chi connectivity index (χ2v) is 5.51. The molecule has 0 bridgehead atoms. The quantitative estimate of drug-likeness (QED) is 0.781. The Kier molecular flexibility index (Phi) is 3.45. The van der Waals surface area contributed by atoms with Crippen LogP contribution >= 0.6 is 0 Å². The molecule has 6 nitrogen and oxygen atoms in total. The first-order valence-electron chi connectivity index (χ1n) is 7.06. The van der Waals surface area contributed by atoms with Gasteiger partial charge < -0.3 is 9.80 Å². The Bertz CT molecular complexity index is 376. The minimum absolute atomic E-state index is 0.517. The van der Waals surface area contributed by atoms with Crippen LogP contribution < -0.4 is 4.90 Å². The van der Waals surface area contributed by atoms with Gasteiger partial charge in [0, 0.05) is 26.2 Å². The zero-order valence-corrected chi connectivity index (χ0v) is 11.1. The van der Waals surface area contributed by atoms with E-state index in [1.807, 2.05) is 0 Å². The van der Waals surface area contributed by atoms with Crippen molar-refractivity contribution >= 4 is 5.95 Å². The second-order valence-electron chi connectivity index (χ2n) is 5.51. The van der Waals surface area contributed by atoms with E-state index in [0.29, 0.717) is 6.04 Å². The van der Waals surface area contributed by atoms with Gasteiger partial charge in [-0.25, -0.2) is 4.68 Å². The maximum Gasteiger partial charge on any atom is 0.245 e. The predicted octanol–water partition coefficient (Wildman–Crippen LogP) is 0.930. The van der Waals surface area contributed by atoms with Crippen LogP contribution in [-0.4, -0.2) is 58.3 Å². The van der Waals surface area contributed by atoms with E-state index < -0.39 is 0 Å². The zero-order chi connectivity index (χ0) is 12.4. The van der Waals surface area contributed by atoms with Gasteiger partial charge in [-0.3, -0.25) is 0 Å². The van der Waals surface area contributed by atoms with Gasteiger partial charge in [-0.05, 0) is 30.3 Å². The Morgan fingerprint density at radius 2 is 1.72 bits per heavy atom. The van der Waals surface area contributed by atoms with Crippen molar-refractivity contribution in [2.75, 3.05) is 38.1 Å². The lowest BCUT2D eigenvalue weighted by molar-refractivity contribution is 0.298. The van der Waals surface area contributed by atoms with Crippen molar-refractivity contribution in [1.29, 1.82) is 0 Å². The molecule has 1 aliphatic heterocycles. The molecule has 1 saturated carbocycles. The van der Waals surface area contributed by atoms with Crippen LogP contribution in [0.4, 0.5) is 5.95 Å². The fourth-order valence-electron chi connectivity index (χ4n) is 2.97. The summed E-state index contributed by atoms with van der Waals surface area (Å²) in [6.07, 6.45) is 6.44. The van der Waals surface area contributed by atoms with E-state index in [2.05, 4.69) is 37.1 Å². The summed E-state index contributed by atoms with van der Waals surface area (Å²) in [5.74, 6) is 0.981. The molecule has 3 rings (SSSR count). The summed E-state index contributed by atoms with van der Waals surface area (Å²) in [4.78, 5) is 4.68. The first kappa shape index (κ1) is 11.9. The summed E-state index contributed by atoms with van der Waals surface area (Å²) in [5.41, 5.74) is 0. The maximum atomic E-state index is 4.25.